The molecule has 0 bridgehead atoms. The summed E-state index contributed by atoms with van der Waals surface area (Å²) in [6.07, 6.45) is 3.20. The maximum Gasteiger partial charge on any atom is 0.326 e. The van der Waals surface area contributed by atoms with Gasteiger partial charge in [-0.05, 0) is 43.4 Å². The molecule has 0 aliphatic heterocycles. The van der Waals surface area contributed by atoms with E-state index in [1.807, 2.05) is 27.0 Å². The predicted octanol–water partition coefficient (Wildman–Crippen LogP) is 3.03. The molecule has 0 radical (unpaired) electrons. The maximum absolute atomic E-state index is 11.8. The second-order valence-electron chi connectivity index (χ2n) is 5.05. The molecule has 0 fully saturated rings. The first-order valence-electron chi connectivity index (χ1n) is 5.64. The van der Waals surface area contributed by atoms with Gasteiger partial charge in [0.25, 0.3) is 0 Å². The summed E-state index contributed by atoms with van der Waals surface area (Å²) in [4.78, 5) is 20.0. The number of hydrogen-bond acceptors (Lipinski definition) is 4. The smallest absolute Gasteiger partial charge is 0.326 e. The zero-order valence-corrected chi connectivity index (χ0v) is 13.7. The summed E-state index contributed by atoms with van der Waals surface area (Å²) in [7, 11) is 0. The molecular weight excluding hydrogens is 381 g/mol. The molecule has 0 N–H and O–H groups in total. The molecule has 2 aromatic heterocycles. The number of halogens is 2. The van der Waals surface area contributed by atoms with Gasteiger partial charge in [-0.3, -0.25) is 4.79 Å². The Morgan fingerprint density at radius 3 is 2.79 bits per heavy atom. The number of ether oxygens (including phenoxy) is 1. The number of nitrogens with zero attached hydrogens (tertiary/aromatic N) is 3. The lowest BCUT2D eigenvalue weighted by atomic mass is 10.2. The summed E-state index contributed by atoms with van der Waals surface area (Å²) in [5, 5.41) is 1.14. The van der Waals surface area contributed by atoms with Crippen molar-refractivity contribution >= 4 is 51.2 Å². The van der Waals surface area contributed by atoms with E-state index < -0.39 is 5.60 Å². The van der Waals surface area contributed by atoms with Crippen molar-refractivity contribution in [1.29, 1.82) is 0 Å². The zero-order valence-electron chi connectivity index (χ0n) is 10.8. The third-order valence-electron chi connectivity index (χ3n) is 2.28. The van der Waals surface area contributed by atoms with Crippen molar-refractivity contribution in [2.45, 2.75) is 32.9 Å². The van der Waals surface area contributed by atoms with E-state index >= 15 is 0 Å². The van der Waals surface area contributed by atoms with Crippen LogP contribution in [0.25, 0.3) is 11.0 Å². The SMILES string of the molecule is CC(C)(C)OC(=O)Cn1cc(I)c2c(Cl)ncnc21. The van der Waals surface area contributed by atoms with Crippen LogP contribution in [-0.4, -0.2) is 26.1 Å². The van der Waals surface area contributed by atoms with Crippen LogP contribution < -0.4 is 0 Å². The van der Waals surface area contributed by atoms with Gasteiger partial charge in [-0.1, -0.05) is 11.6 Å². The van der Waals surface area contributed by atoms with Crippen molar-refractivity contribution in [3.05, 3.63) is 21.2 Å². The first-order valence-corrected chi connectivity index (χ1v) is 7.10. The van der Waals surface area contributed by atoms with E-state index in [-0.39, 0.29) is 12.5 Å². The number of esters is 1. The molecule has 0 aliphatic carbocycles. The van der Waals surface area contributed by atoms with Gasteiger partial charge in [-0.25, -0.2) is 9.97 Å². The van der Waals surface area contributed by atoms with Gasteiger partial charge in [-0.2, -0.15) is 0 Å². The molecule has 5 nitrogen and oxygen atoms in total. The fraction of sp³-hybridized carbons (Fsp3) is 0.417. The Hall–Kier alpha value is -0.890. The summed E-state index contributed by atoms with van der Waals surface area (Å²) in [6, 6.07) is 0. The van der Waals surface area contributed by atoms with Gasteiger partial charge in [-0.15, -0.1) is 0 Å². The third kappa shape index (κ3) is 3.36. The van der Waals surface area contributed by atoms with E-state index in [9.17, 15) is 4.79 Å². The van der Waals surface area contributed by atoms with Crippen LogP contribution in [0.4, 0.5) is 0 Å². The second-order valence-corrected chi connectivity index (χ2v) is 6.57. The highest BCUT2D eigenvalue weighted by Crippen LogP contribution is 2.26. The molecule has 2 rings (SSSR count). The van der Waals surface area contributed by atoms with Crippen LogP contribution in [0.3, 0.4) is 0 Å². The van der Waals surface area contributed by atoms with Gasteiger partial charge in [0.05, 0.1) is 5.39 Å². The zero-order chi connectivity index (χ0) is 14.2. The molecule has 0 aliphatic rings. The molecule has 102 valence electrons. The van der Waals surface area contributed by atoms with Gasteiger partial charge >= 0.3 is 5.97 Å². The molecule has 0 aromatic carbocycles. The summed E-state index contributed by atoms with van der Waals surface area (Å²) < 4.78 is 7.92. The van der Waals surface area contributed by atoms with Crippen molar-refractivity contribution < 1.29 is 9.53 Å². The molecule has 2 heterocycles. The fourth-order valence-corrected chi connectivity index (χ4v) is 2.90. The topological polar surface area (TPSA) is 57.0 Å². The predicted molar refractivity (Wildman–Crippen MR) is 81.1 cm³/mol. The van der Waals surface area contributed by atoms with E-state index in [4.69, 9.17) is 16.3 Å². The van der Waals surface area contributed by atoms with Crippen LogP contribution in [0.15, 0.2) is 12.5 Å². The Kier molecular flexibility index (Phi) is 4.00. The van der Waals surface area contributed by atoms with Gasteiger partial charge < -0.3 is 9.30 Å². The van der Waals surface area contributed by atoms with Gasteiger partial charge in [0.15, 0.2) is 0 Å². The number of carbonyl (C=O) groups excluding carboxylic acids is 1. The Morgan fingerprint density at radius 2 is 2.16 bits per heavy atom. The minimum atomic E-state index is -0.500. The largest absolute Gasteiger partial charge is 0.459 e. The third-order valence-corrected chi connectivity index (χ3v) is 3.39. The lowest BCUT2D eigenvalue weighted by Crippen LogP contribution is -2.26. The van der Waals surface area contributed by atoms with Crippen LogP contribution in [-0.2, 0) is 16.1 Å². The number of fused-ring (bicyclic) bond motifs is 1. The molecule has 19 heavy (non-hydrogen) atoms. The van der Waals surface area contributed by atoms with Gasteiger partial charge in [0, 0.05) is 9.77 Å². The van der Waals surface area contributed by atoms with Crippen molar-refractivity contribution in [1.82, 2.24) is 14.5 Å². The standard InChI is InChI=1S/C12H13ClIN3O2/c1-12(2,3)19-8(18)5-17-4-7(14)9-10(13)15-6-16-11(9)17/h4,6H,5H2,1-3H3. The molecule has 7 heteroatoms. The molecule has 0 spiro atoms. The first-order chi connectivity index (χ1) is 8.78. The van der Waals surface area contributed by atoms with Crippen molar-refractivity contribution in [2.24, 2.45) is 0 Å². The Balaban J connectivity index is 2.32. The Morgan fingerprint density at radius 1 is 1.47 bits per heavy atom. The summed E-state index contributed by atoms with van der Waals surface area (Å²) >= 11 is 8.18. The van der Waals surface area contributed by atoms with Crippen LogP contribution in [0, 0.1) is 3.57 Å². The lowest BCUT2D eigenvalue weighted by Gasteiger charge is -2.19. The number of aromatic nitrogens is 3. The average Bonchev–Trinajstić information content (AvgIpc) is 2.54. The normalized spacial score (nSPS) is 11.8. The lowest BCUT2D eigenvalue weighted by molar-refractivity contribution is -0.155. The quantitative estimate of drug-likeness (QED) is 0.447. The highest BCUT2D eigenvalue weighted by Gasteiger charge is 2.19. The van der Waals surface area contributed by atoms with Crippen molar-refractivity contribution in [2.75, 3.05) is 0 Å². The van der Waals surface area contributed by atoms with Crippen LogP contribution in [0.1, 0.15) is 20.8 Å². The Labute approximate surface area is 129 Å². The molecule has 2 aromatic rings. The number of rotatable bonds is 2. The molecule has 0 amide bonds. The van der Waals surface area contributed by atoms with E-state index in [0.29, 0.717) is 10.8 Å². The number of carbonyl (C=O) groups is 1. The van der Waals surface area contributed by atoms with Gasteiger partial charge in [0.2, 0.25) is 0 Å². The van der Waals surface area contributed by atoms with Crippen LogP contribution in [0.5, 0.6) is 0 Å². The molecule has 0 saturated carbocycles. The summed E-state index contributed by atoms with van der Waals surface area (Å²) in [6.45, 7) is 5.61. The fourth-order valence-electron chi connectivity index (χ4n) is 1.67. The van der Waals surface area contributed by atoms with Crippen LogP contribution in [0.2, 0.25) is 5.15 Å². The van der Waals surface area contributed by atoms with E-state index in [0.717, 1.165) is 8.96 Å². The minimum Gasteiger partial charge on any atom is -0.459 e. The van der Waals surface area contributed by atoms with E-state index in [2.05, 4.69) is 32.6 Å². The summed E-state index contributed by atoms with van der Waals surface area (Å²) in [5.41, 5.74) is 0.134. The first kappa shape index (κ1) is 14.5. The van der Waals surface area contributed by atoms with Crippen molar-refractivity contribution in [3.63, 3.8) is 0 Å². The van der Waals surface area contributed by atoms with Gasteiger partial charge in [0.1, 0.15) is 29.3 Å². The van der Waals surface area contributed by atoms with E-state index in [1.54, 1.807) is 4.57 Å². The highest BCUT2D eigenvalue weighted by atomic mass is 127. The monoisotopic (exact) mass is 393 g/mol. The average molecular weight is 394 g/mol. The minimum absolute atomic E-state index is 0.101. The second kappa shape index (κ2) is 5.24. The molecule has 0 atom stereocenters. The molecular formula is C12H13ClIN3O2. The molecule has 0 saturated heterocycles. The van der Waals surface area contributed by atoms with E-state index in [1.165, 1.54) is 6.33 Å². The molecule has 0 unspecified atom stereocenters. The Bertz CT molecular complexity index is 634. The highest BCUT2D eigenvalue weighted by molar-refractivity contribution is 14.1. The number of hydrogen-bond donors (Lipinski definition) is 0. The van der Waals surface area contributed by atoms with Crippen LogP contribution >= 0.6 is 34.2 Å². The van der Waals surface area contributed by atoms with Crippen molar-refractivity contribution in [3.8, 4) is 0 Å². The summed E-state index contributed by atoms with van der Waals surface area (Å²) in [5.74, 6) is -0.310. The maximum atomic E-state index is 11.8.